The van der Waals surface area contributed by atoms with Crippen molar-refractivity contribution < 1.29 is 5.11 Å². The fourth-order valence-electron chi connectivity index (χ4n) is 1.96. The lowest BCUT2D eigenvalue weighted by Crippen LogP contribution is -1.99. The Balaban J connectivity index is 2.04. The lowest BCUT2D eigenvalue weighted by atomic mass is 10.2. The van der Waals surface area contributed by atoms with Gasteiger partial charge in [-0.05, 0) is 72.1 Å². The molecule has 8 heteroatoms. The van der Waals surface area contributed by atoms with Gasteiger partial charge < -0.3 is 15.1 Å². The summed E-state index contributed by atoms with van der Waals surface area (Å²) < 4.78 is 2.06. The van der Waals surface area contributed by atoms with Crippen LogP contribution in [-0.2, 0) is 0 Å². The number of hydrogen-bond acceptors (Lipinski definition) is 3. The number of rotatable bonds is 2. The highest BCUT2D eigenvalue weighted by molar-refractivity contribution is 9.13. The highest BCUT2D eigenvalue weighted by atomic mass is 79.9. The van der Waals surface area contributed by atoms with E-state index in [2.05, 4.69) is 62.8 Å². The van der Waals surface area contributed by atoms with Crippen molar-refractivity contribution in [1.29, 1.82) is 0 Å². The minimum atomic E-state index is -0.257. The van der Waals surface area contributed by atoms with E-state index in [9.17, 15) is 9.90 Å². The van der Waals surface area contributed by atoms with Gasteiger partial charge in [0.25, 0.3) is 0 Å². The number of benzene rings is 2. The van der Waals surface area contributed by atoms with Gasteiger partial charge in [0.1, 0.15) is 5.75 Å². The average Bonchev–Trinajstić information content (AvgIpc) is 2.84. The number of aromatic hydroxyl groups is 1. The number of aromatic nitrogens is 2. The van der Waals surface area contributed by atoms with E-state index in [1.807, 2.05) is 0 Å². The zero-order valence-corrected chi connectivity index (χ0v) is 15.6. The Bertz CT molecular complexity index is 934. The number of H-pyrrole nitrogens is 2. The maximum absolute atomic E-state index is 11.2. The molecule has 0 amide bonds. The molecule has 3 N–H and O–H groups in total. The second-order valence-electron chi connectivity index (χ2n) is 4.48. The first-order valence-corrected chi connectivity index (χ1v) is 8.46. The number of fused-ring (bicyclic) bond motifs is 1. The van der Waals surface area contributed by atoms with Gasteiger partial charge in [-0.15, -0.1) is 0 Å². The van der Waals surface area contributed by atoms with E-state index in [1.165, 1.54) is 0 Å². The monoisotopic (exact) mass is 487 g/mol. The van der Waals surface area contributed by atoms with Crippen molar-refractivity contribution in [3.05, 3.63) is 53.7 Å². The van der Waals surface area contributed by atoms with E-state index in [1.54, 1.807) is 30.5 Å². The predicted molar refractivity (Wildman–Crippen MR) is 97.4 cm³/mol. The van der Waals surface area contributed by atoms with Crippen LogP contribution in [0.25, 0.3) is 11.0 Å². The number of nitrogens with one attached hydrogen (secondary N) is 2. The van der Waals surface area contributed by atoms with Gasteiger partial charge in [0.05, 0.1) is 26.8 Å². The van der Waals surface area contributed by atoms with Crippen LogP contribution in [0.2, 0.25) is 0 Å². The first-order chi connectivity index (χ1) is 10.5. The minimum Gasteiger partial charge on any atom is -0.506 e. The van der Waals surface area contributed by atoms with Crippen LogP contribution < -0.4 is 5.69 Å². The molecule has 0 fully saturated rings. The van der Waals surface area contributed by atoms with Crippen molar-refractivity contribution in [3.8, 4) is 5.75 Å². The second-order valence-corrected chi connectivity index (χ2v) is 6.99. The number of phenolic OH excluding ortho intramolecular Hbond substituents is 1. The number of aromatic amines is 2. The first-order valence-electron chi connectivity index (χ1n) is 6.08. The maximum Gasteiger partial charge on any atom is 0.323 e. The van der Waals surface area contributed by atoms with Crippen LogP contribution in [0.3, 0.4) is 0 Å². The fourth-order valence-corrected chi connectivity index (χ4v) is 3.56. The summed E-state index contributed by atoms with van der Waals surface area (Å²) in [6, 6.07) is 7.04. The van der Waals surface area contributed by atoms with Gasteiger partial charge in [-0.25, -0.2) is 4.79 Å². The molecule has 0 aliphatic carbocycles. The Labute approximate surface area is 149 Å². The van der Waals surface area contributed by atoms with Gasteiger partial charge in [-0.2, -0.15) is 0 Å². The summed E-state index contributed by atoms with van der Waals surface area (Å²) in [6.07, 6.45) is 1.56. The molecular formula is C14H8Br3N3O2. The van der Waals surface area contributed by atoms with Crippen LogP contribution in [0.5, 0.6) is 5.75 Å². The zero-order valence-electron chi connectivity index (χ0n) is 10.8. The molecule has 22 heavy (non-hydrogen) atoms. The third-order valence-electron chi connectivity index (χ3n) is 3.02. The summed E-state index contributed by atoms with van der Waals surface area (Å²) in [5.74, 6) is 0.0926. The molecule has 0 atom stereocenters. The van der Waals surface area contributed by atoms with Crippen LogP contribution in [-0.4, -0.2) is 21.3 Å². The topological polar surface area (TPSA) is 81.2 Å². The van der Waals surface area contributed by atoms with Gasteiger partial charge in [0.2, 0.25) is 0 Å². The molecule has 0 saturated heterocycles. The lowest BCUT2D eigenvalue weighted by molar-refractivity contribution is 0.470. The Morgan fingerprint density at radius 2 is 1.77 bits per heavy atom. The molecule has 3 rings (SSSR count). The molecular weight excluding hydrogens is 482 g/mol. The largest absolute Gasteiger partial charge is 0.506 e. The van der Waals surface area contributed by atoms with Crippen molar-refractivity contribution in [1.82, 2.24) is 9.97 Å². The maximum atomic E-state index is 11.2. The molecule has 112 valence electrons. The molecule has 0 bridgehead atoms. The smallest absolute Gasteiger partial charge is 0.323 e. The van der Waals surface area contributed by atoms with Crippen LogP contribution in [0.4, 0.5) is 5.69 Å². The van der Waals surface area contributed by atoms with E-state index < -0.39 is 0 Å². The molecule has 5 nitrogen and oxygen atoms in total. The summed E-state index contributed by atoms with van der Waals surface area (Å²) >= 11 is 10.1. The number of halogens is 3. The lowest BCUT2D eigenvalue weighted by Gasteiger charge is -2.06. The molecule has 0 aliphatic rings. The van der Waals surface area contributed by atoms with Gasteiger partial charge in [0, 0.05) is 15.2 Å². The highest BCUT2D eigenvalue weighted by Crippen LogP contribution is 2.38. The summed E-state index contributed by atoms with van der Waals surface area (Å²) in [6.45, 7) is 0. The van der Waals surface area contributed by atoms with Crippen LogP contribution in [0.15, 0.2) is 47.5 Å². The van der Waals surface area contributed by atoms with Crippen LogP contribution in [0.1, 0.15) is 5.56 Å². The molecule has 0 saturated carbocycles. The van der Waals surface area contributed by atoms with Crippen molar-refractivity contribution in [2.24, 2.45) is 4.99 Å². The molecule has 1 aromatic heterocycles. The summed E-state index contributed by atoms with van der Waals surface area (Å²) in [7, 11) is 0. The standard InChI is InChI=1S/C14H8Br3N3O2/c15-8-4-9(16)13(21)7(12(8)17)5-18-6-1-2-10-11(3-6)20-14(22)19-10/h1-5,21H,(H2,19,20,22). The van der Waals surface area contributed by atoms with Crippen molar-refractivity contribution in [3.63, 3.8) is 0 Å². The SMILES string of the molecule is O=c1[nH]c2ccc(N=Cc3c(O)c(Br)cc(Br)c3Br)cc2[nH]1. The van der Waals surface area contributed by atoms with Crippen molar-refractivity contribution in [2.45, 2.75) is 0 Å². The zero-order chi connectivity index (χ0) is 15.9. The Hall–Kier alpha value is -1.38. The molecule has 3 aromatic rings. The summed E-state index contributed by atoms with van der Waals surface area (Å²) in [5.41, 5.74) is 2.35. The second kappa shape index (κ2) is 6.02. The number of hydrogen-bond donors (Lipinski definition) is 3. The Morgan fingerprint density at radius 1 is 1.05 bits per heavy atom. The van der Waals surface area contributed by atoms with E-state index >= 15 is 0 Å². The van der Waals surface area contributed by atoms with Crippen molar-refractivity contribution in [2.75, 3.05) is 0 Å². The molecule has 0 aliphatic heterocycles. The van der Waals surface area contributed by atoms with Crippen LogP contribution >= 0.6 is 47.8 Å². The number of nitrogens with zero attached hydrogens (tertiary/aromatic N) is 1. The number of phenols is 1. The molecule has 0 radical (unpaired) electrons. The average molecular weight is 490 g/mol. The number of aliphatic imine (C=N–C) groups is 1. The minimum absolute atomic E-state index is 0.0926. The third kappa shape index (κ3) is 2.90. The van der Waals surface area contributed by atoms with E-state index in [0.29, 0.717) is 25.7 Å². The van der Waals surface area contributed by atoms with Gasteiger partial charge >= 0.3 is 5.69 Å². The van der Waals surface area contributed by atoms with E-state index in [4.69, 9.17) is 0 Å². The first kappa shape index (κ1) is 15.5. The van der Waals surface area contributed by atoms with Gasteiger partial charge in [-0.1, -0.05) is 0 Å². The normalized spacial score (nSPS) is 11.6. The quantitative estimate of drug-likeness (QED) is 0.363. The fraction of sp³-hybridized carbons (Fsp3) is 0. The molecule has 1 heterocycles. The Kier molecular flexibility index (Phi) is 4.24. The van der Waals surface area contributed by atoms with Crippen LogP contribution in [0, 0.1) is 0 Å². The van der Waals surface area contributed by atoms with E-state index in [-0.39, 0.29) is 11.4 Å². The van der Waals surface area contributed by atoms with E-state index in [0.717, 1.165) is 9.99 Å². The van der Waals surface area contributed by atoms with Gasteiger partial charge in [-0.3, -0.25) is 4.99 Å². The molecule has 0 spiro atoms. The predicted octanol–water partition coefficient (Wildman–Crippen LogP) is 4.60. The number of imidazole rings is 1. The Morgan fingerprint density at radius 3 is 2.55 bits per heavy atom. The van der Waals surface area contributed by atoms with Crippen molar-refractivity contribution >= 4 is 70.7 Å². The summed E-state index contributed by atoms with van der Waals surface area (Å²) in [5, 5.41) is 10.1. The summed E-state index contributed by atoms with van der Waals surface area (Å²) in [4.78, 5) is 20.9. The highest BCUT2D eigenvalue weighted by Gasteiger charge is 2.12. The molecule has 0 unspecified atom stereocenters. The van der Waals surface area contributed by atoms with Gasteiger partial charge in [0.15, 0.2) is 0 Å². The molecule has 2 aromatic carbocycles. The third-order valence-corrected chi connectivity index (χ3v) is 5.64.